The molecule has 1 aliphatic heterocycles. The number of carbonyl (C=O) groups is 2. The molecule has 138 valence electrons. The topological polar surface area (TPSA) is 62.6 Å². The minimum absolute atomic E-state index is 0.0245. The maximum atomic E-state index is 12.5. The van der Waals surface area contributed by atoms with Crippen LogP contribution in [-0.2, 0) is 11.3 Å². The average Bonchev–Trinajstić information content (AvgIpc) is 3.14. The van der Waals surface area contributed by atoms with E-state index in [0.29, 0.717) is 38.0 Å². The molecule has 26 heavy (non-hydrogen) atoms. The molecule has 0 radical (unpaired) electrons. The van der Waals surface area contributed by atoms with Gasteiger partial charge in [0.15, 0.2) is 0 Å². The van der Waals surface area contributed by atoms with Gasteiger partial charge in [-0.25, -0.2) is 0 Å². The van der Waals surface area contributed by atoms with Crippen LogP contribution < -0.4 is 5.32 Å². The highest BCUT2D eigenvalue weighted by Gasteiger charge is 2.28. The average molecular weight is 354 g/mol. The number of piperidine rings is 1. The summed E-state index contributed by atoms with van der Waals surface area (Å²) in [7, 11) is 0. The Kier molecular flexibility index (Phi) is 5.45. The van der Waals surface area contributed by atoms with Gasteiger partial charge in [-0.3, -0.25) is 9.59 Å². The number of hydrogen-bond donors (Lipinski definition) is 1. The maximum Gasteiger partial charge on any atom is 0.257 e. The number of likely N-dealkylation sites (tertiary alicyclic amines) is 1. The first kappa shape index (κ1) is 18.2. The van der Waals surface area contributed by atoms with Crippen molar-refractivity contribution in [2.75, 3.05) is 13.1 Å². The van der Waals surface area contributed by atoms with Crippen molar-refractivity contribution in [2.45, 2.75) is 40.2 Å². The van der Waals surface area contributed by atoms with E-state index >= 15 is 0 Å². The summed E-state index contributed by atoms with van der Waals surface area (Å²) >= 11 is 0. The fraction of sp³-hybridized carbons (Fsp3) is 0.429. The molecule has 1 aromatic heterocycles. The molecule has 0 atom stereocenters. The Bertz CT molecular complexity index is 765. The predicted molar refractivity (Wildman–Crippen MR) is 99.8 cm³/mol. The number of furan rings is 1. The van der Waals surface area contributed by atoms with Crippen LogP contribution in [0.4, 0.5) is 0 Å². The molecule has 0 saturated carbocycles. The lowest BCUT2D eigenvalue weighted by molar-refractivity contribution is -0.126. The molecule has 1 fully saturated rings. The minimum Gasteiger partial charge on any atom is -0.472 e. The summed E-state index contributed by atoms with van der Waals surface area (Å²) in [6.07, 6.45) is 4.36. The van der Waals surface area contributed by atoms with E-state index in [9.17, 15) is 9.59 Å². The summed E-state index contributed by atoms with van der Waals surface area (Å²) in [5.41, 5.74) is 5.42. The fourth-order valence-electron chi connectivity index (χ4n) is 3.72. The lowest BCUT2D eigenvalue weighted by Crippen LogP contribution is -2.42. The van der Waals surface area contributed by atoms with Crippen molar-refractivity contribution in [1.82, 2.24) is 10.2 Å². The number of amides is 2. The van der Waals surface area contributed by atoms with E-state index in [2.05, 4.69) is 38.2 Å². The van der Waals surface area contributed by atoms with Crippen molar-refractivity contribution in [3.63, 3.8) is 0 Å². The van der Waals surface area contributed by atoms with Crippen LogP contribution in [0.15, 0.2) is 35.1 Å². The van der Waals surface area contributed by atoms with E-state index in [1.54, 1.807) is 11.0 Å². The molecular formula is C21H26N2O3. The first-order valence-corrected chi connectivity index (χ1v) is 9.11. The fourth-order valence-corrected chi connectivity index (χ4v) is 3.72. The van der Waals surface area contributed by atoms with Crippen LogP contribution in [0.25, 0.3) is 0 Å². The molecule has 3 rings (SSSR count). The highest BCUT2D eigenvalue weighted by Crippen LogP contribution is 2.21. The first-order chi connectivity index (χ1) is 12.5. The van der Waals surface area contributed by atoms with Crippen molar-refractivity contribution >= 4 is 11.8 Å². The van der Waals surface area contributed by atoms with Gasteiger partial charge in [0.25, 0.3) is 5.91 Å². The largest absolute Gasteiger partial charge is 0.472 e. The molecule has 0 bridgehead atoms. The number of aryl methyl sites for hydroxylation is 3. The summed E-state index contributed by atoms with van der Waals surface area (Å²) in [4.78, 5) is 26.6. The summed E-state index contributed by atoms with van der Waals surface area (Å²) < 4.78 is 4.97. The van der Waals surface area contributed by atoms with Crippen molar-refractivity contribution in [3.05, 3.63) is 58.5 Å². The molecule has 0 spiro atoms. The minimum atomic E-state index is -0.0329. The Morgan fingerprint density at radius 2 is 1.81 bits per heavy atom. The van der Waals surface area contributed by atoms with Crippen molar-refractivity contribution in [3.8, 4) is 0 Å². The van der Waals surface area contributed by atoms with E-state index < -0.39 is 0 Å². The van der Waals surface area contributed by atoms with Crippen LogP contribution in [-0.4, -0.2) is 29.8 Å². The number of nitrogens with one attached hydrogen (secondary N) is 1. The van der Waals surface area contributed by atoms with Crippen molar-refractivity contribution < 1.29 is 14.0 Å². The van der Waals surface area contributed by atoms with Gasteiger partial charge < -0.3 is 14.6 Å². The second-order valence-electron chi connectivity index (χ2n) is 7.17. The van der Waals surface area contributed by atoms with Gasteiger partial charge >= 0.3 is 0 Å². The molecular weight excluding hydrogens is 328 g/mol. The molecule has 0 unspecified atom stereocenters. The molecule has 1 aliphatic rings. The number of hydrogen-bond acceptors (Lipinski definition) is 3. The Hall–Kier alpha value is -2.56. The van der Waals surface area contributed by atoms with Crippen LogP contribution in [0, 0.1) is 26.7 Å². The zero-order valence-corrected chi connectivity index (χ0v) is 15.7. The highest BCUT2D eigenvalue weighted by molar-refractivity contribution is 5.94. The molecule has 1 aromatic carbocycles. The van der Waals surface area contributed by atoms with Crippen LogP contribution >= 0.6 is 0 Å². The molecule has 5 heteroatoms. The molecule has 2 aromatic rings. The van der Waals surface area contributed by atoms with E-state index in [-0.39, 0.29) is 17.7 Å². The van der Waals surface area contributed by atoms with Gasteiger partial charge in [0.2, 0.25) is 5.91 Å². The lowest BCUT2D eigenvalue weighted by Gasteiger charge is -2.31. The highest BCUT2D eigenvalue weighted by atomic mass is 16.3. The molecule has 2 heterocycles. The van der Waals surface area contributed by atoms with Gasteiger partial charge in [0, 0.05) is 25.6 Å². The zero-order chi connectivity index (χ0) is 18.7. The maximum absolute atomic E-state index is 12.5. The van der Waals surface area contributed by atoms with Gasteiger partial charge in [-0.05, 0) is 56.4 Å². The van der Waals surface area contributed by atoms with Crippen molar-refractivity contribution in [1.29, 1.82) is 0 Å². The number of carbonyl (C=O) groups excluding carboxylic acids is 2. The Morgan fingerprint density at radius 3 is 2.38 bits per heavy atom. The normalized spacial score (nSPS) is 15.1. The van der Waals surface area contributed by atoms with Gasteiger partial charge in [-0.15, -0.1) is 0 Å². The van der Waals surface area contributed by atoms with Crippen LogP contribution in [0.5, 0.6) is 0 Å². The van der Waals surface area contributed by atoms with Gasteiger partial charge in [0.05, 0.1) is 11.8 Å². The van der Waals surface area contributed by atoms with E-state index in [0.717, 1.165) is 0 Å². The van der Waals surface area contributed by atoms with E-state index in [1.807, 2.05) is 0 Å². The Labute approximate surface area is 154 Å². The van der Waals surface area contributed by atoms with E-state index in [1.165, 1.54) is 34.8 Å². The van der Waals surface area contributed by atoms with Crippen LogP contribution in [0.3, 0.4) is 0 Å². The number of nitrogens with zero attached hydrogens (tertiary/aromatic N) is 1. The summed E-state index contributed by atoms with van der Waals surface area (Å²) in [5.74, 6) is 0.0257. The summed E-state index contributed by atoms with van der Waals surface area (Å²) in [6.45, 7) is 8.02. The first-order valence-electron chi connectivity index (χ1n) is 9.11. The third-order valence-electron chi connectivity index (χ3n) is 5.20. The quantitative estimate of drug-likeness (QED) is 0.916. The summed E-state index contributed by atoms with van der Waals surface area (Å²) in [5, 5.41) is 3.08. The second-order valence-corrected chi connectivity index (χ2v) is 7.17. The summed E-state index contributed by atoms with van der Waals surface area (Å²) in [6, 6.07) is 5.97. The SMILES string of the molecule is Cc1cc(C)c(CNC(=O)C2CCN(C(=O)c3ccoc3)CC2)c(C)c1. The smallest absolute Gasteiger partial charge is 0.257 e. The standard InChI is InChI=1S/C21H26N2O3/c1-14-10-15(2)19(16(3)11-14)12-22-20(24)17-4-7-23(8-5-17)21(25)18-6-9-26-13-18/h6,9-11,13,17H,4-5,7-8,12H2,1-3H3,(H,22,24). The van der Waals surface area contributed by atoms with Crippen molar-refractivity contribution in [2.24, 2.45) is 5.92 Å². The lowest BCUT2D eigenvalue weighted by atomic mass is 9.95. The van der Waals surface area contributed by atoms with Gasteiger partial charge in [-0.2, -0.15) is 0 Å². The van der Waals surface area contributed by atoms with Crippen LogP contribution in [0.2, 0.25) is 0 Å². The molecule has 0 aliphatic carbocycles. The zero-order valence-electron chi connectivity index (χ0n) is 15.7. The third-order valence-corrected chi connectivity index (χ3v) is 5.20. The Morgan fingerprint density at radius 1 is 1.15 bits per heavy atom. The predicted octanol–water partition coefficient (Wildman–Crippen LogP) is 3.37. The van der Waals surface area contributed by atoms with Gasteiger partial charge in [-0.1, -0.05) is 17.7 Å². The number of benzene rings is 1. The third kappa shape index (κ3) is 3.98. The molecule has 1 N–H and O–H groups in total. The Balaban J connectivity index is 1.52. The van der Waals surface area contributed by atoms with Crippen LogP contribution in [0.1, 0.15) is 45.5 Å². The molecule has 5 nitrogen and oxygen atoms in total. The second kappa shape index (κ2) is 7.77. The van der Waals surface area contributed by atoms with Gasteiger partial charge in [0.1, 0.15) is 6.26 Å². The molecule has 2 amide bonds. The monoisotopic (exact) mass is 354 g/mol. The number of rotatable bonds is 4. The van der Waals surface area contributed by atoms with E-state index in [4.69, 9.17) is 4.42 Å². The molecule has 1 saturated heterocycles.